The van der Waals surface area contributed by atoms with Crippen molar-refractivity contribution in [3.63, 3.8) is 0 Å². The van der Waals surface area contributed by atoms with Crippen LogP contribution in [-0.4, -0.2) is 61.0 Å². The lowest BCUT2D eigenvalue weighted by Crippen LogP contribution is -2.49. The van der Waals surface area contributed by atoms with Crippen LogP contribution in [0.25, 0.3) is 0 Å². The Hall–Kier alpha value is -3.80. The van der Waals surface area contributed by atoms with Crippen LogP contribution in [0, 0.1) is 6.92 Å². The molecule has 35 heavy (non-hydrogen) atoms. The highest BCUT2D eigenvalue weighted by Crippen LogP contribution is 2.24. The molecule has 0 N–H and O–H groups in total. The van der Waals surface area contributed by atoms with Gasteiger partial charge in [-0.15, -0.1) is 0 Å². The van der Waals surface area contributed by atoms with E-state index in [9.17, 15) is 9.59 Å². The van der Waals surface area contributed by atoms with Crippen molar-refractivity contribution in [2.45, 2.75) is 19.9 Å². The summed E-state index contributed by atoms with van der Waals surface area (Å²) in [5, 5.41) is 0. The molecule has 0 saturated carbocycles. The van der Waals surface area contributed by atoms with Gasteiger partial charge in [0.25, 0.3) is 5.91 Å². The number of amides is 3. The molecule has 5 rings (SSSR count). The molecule has 2 heterocycles. The summed E-state index contributed by atoms with van der Waals surface area (Å²) in [6.45, 7) is 7.21. The number of hydrogen-bond acceptors (Lipinski definition) is 3. The van der Waals surface area contributed by atoms with Crippen molar-refractivity contribution in [3.05, 3.63) is 95.6 Å². The molecular formula is C29H32N4O2. The number of hydrogen-bond donors (Lipinski definition) is 0. The molecule has 6 heteroatoms. The molecule has 180 valence electrons. The lowest BCUT2D eigenvalue weighted by molar-refractivity contribution is 0.0747. The first kappa shape index (κ1) is 23.0. The molecule has 0 aromatic heterocycles. The van der Waals surface area contributed by atoms with E-state index in [1.165, 1.54) is 16.8 Å². The predicted octanol–water partition coefficient (Wildman–Crippen LogP) is 4.79. The monoisotopic (exact) mass is 468 g/mol. The van der Waals surface area contributed by atoms with Crippen LogP contribution in [0.4, 0.5) is 16.2 Å². The summed E-state index contributed by atoms with van der Waals surface area (Å²) in [4.78, 5) is 34.3. The molecule has 0 aliphatic carbocycles. The molecular weight excluding hydrogens is 436 g/mol. The average Bonchev–Trinajstić information content (AvgIpc) is 2.91. The maximum Gasteiger partial charge on any atom is 0.324 e. The Morgan fingerprint density at radius 2 is 1.43 bits per heavy atom. The summed E-state index contributed by atoms with van der Waals surface area (Å²) >= 11 is 0. The molecule has 0 spiro atoms. The van der Waals surface area contributed by atoms with Crippen molar-refractivity contribution < 1.29 is 9.59 Å². The third kappa shape index (κ3) is 5.02. The molecule has 3 aromatic rings. The molecule has 2 fully saturated rings. The van der Waals surface area contributed by atoms with Crippen molar-refractivity contribution in [2.75, 3.05) is 49.1 Å². The normalized spacial score (nSPS) is 16.5. The van der Waals surface area contributed by atoms with Gasteiger partial charge in [0, 0.05) is 62.8 Å². The fourth-order valence-corrected chi connectivity index (χ4v) is 4.93. The smallest absolute Gasteiger partial charge is 0.324 e. The molecule has 0 unspecified atom stereocenters. The minimum atomic E-state index is 0.0237. The molecule has 6 nitrogen and oxygen atoms in total. The summed E-state index contributed by atoms with van der Waals surface area (Å²) in [6, 6.07) is 26.1. The Morgan fingerprint density at radius 1 is 0.743 bits per heavy atom. The van der Waals surface area contributed by atoms with Gasteiger partial charge in [0.1, 0.15) is 0 Å². The van der Waals surface area contributed by atoms with Gasteiger partial charge in [0.05, 0.1) is 0 Å². The zero-order valence-corrected chi connectivity index (χ0v) is 20.3. The van der Waals surface area contributed by atoms with Crippen LogP contribution in [0.5, 0.6) is 0 Å². The van der Waals surface area contributed by atoms with Gasteiger partial charge in [0.15, 0.2) is 0 Å². The molecule has 0 radical (unpaired) electrons. The minimum Gasteiger partial charge on any atom is -0.368 e. The second kappa shape index (κ2) is 10.2. The van der Waals surface area contributed by atoms with E-state index in [0.717, 1.165) is 31.7 Å². The van der Waals surface area contributed by atoms with Crippen LogP contribution in [0.15, 0.2) is 78.9 Å². The molecule has 0 bridgehead atoms. The largest absolute Gasteiger partial charge is 0.368 e. The Kier molecular flexibility index (Phi) is 6.70. The average molecular weight is 469 g/mol. The Balaban J connectivity index is 1.21. The summed E-state index contributed by atoms with van der Waals surface area (Å²) in [5.74, 6) is 0.0513. The first-order valence-corrected chi connectivity index (χ1v) is 12.4. The van der Waals surface area contributed by atoms with Crippen molar-refractivity contribution in [1.82, 2.24) is 9.80 Å². The van der Waals surface area contributed by atoms with E-state index in [1.807, 2.05) is 69.3 Å². The highest BCUT2D eigenvalue weighted by molar-refractivity contribution is 5.96. The van der Waals surface area contributed by atoms with Crippen molar-refractivity contribution in [2.24, 2.45) is 0 Å². The van der Waals surface area contributed by atoms with Gasteiger partial charge in [-0.05, 0) is 60.9 Å². The van der Waals surface area contributed by atoms with Gasteiger partial charge in [-0.3, -0.25) is 9.69 Å². The maximum atomic E-state index is 13.2. The van der Waals surface area contributed by atoms with Crippen LogP contribution in [-0.2, 0) is 6.54 Å². The van der Waals surface area contributed by atoms with E-state index in [0.29, 0.717) is 31.7 Å². The number of nitrogens with zero attached hydrogens (tertiary/aromatic N) is 4. The van der Waals surface area contributed by atoms with E-state index in [2.05, 4.69) is 36.1 Å². The second-order valence-electron chi connectivity index (χ2n) is 9.30. The third-order valence-electron chi connectivity index (χ3n) is 7.05. The minimum absolute atomic E-state index is 0.0237. The SMILES string of the molecule is Cc1ccccc1CN1CCCN(c2ccc(C(=O)N3CCN(c4ccccc4)CC3)cc2)C1=O. The van der Waals surface area contributed by atoms with Crippen LogP contribution in [0.3, 0.4) is 0 Å². The number of aryl methyl sites for hydroxylation is 1. The van der Waals surface area contributed by atoms with Gasteiger partial charge in [-0.25, -0.2) is 4.79 Å². The van der Waals surface area contributed by atoms with E-state index in [1.54, 1.807) is 0 Å². The van der Waals surface area contributed by atoms with Gasteiger partial charge in [0.2, 0.25) is 0 Å². The summed E-state index contributed by atoms with van der Waals surface area (Å²) < 4.78 is 0. The Morgan fingerprint density at radius 3 is 2.14 bits per heavy atom. The fourth-order valence-electron chi connectivity index (χ4n) is 4.93. The van der Waals surface area contributed by atoms with E-state index in [-0.39, 0.29) is 11.9 Å². The molecule has 3 amide bonds. The van der Waals surface area contributed by atoms with Gasteiger partial charge >= 0.3 is 6.03 Å². The number of urea groups is 1. The first-order valence-electron chi connectivity index (χ1n) is 12.4. The van der Waals surface area contributed by atoms with Crippen LogP contribution in [0.1, 0.15) is 27.9 Å². The number of carbonyl (C=O) groups is 2. The third-order valence-corrected chi connectivity index (χ3v) is 7.05. The van der Waals surface area contributed by atoms with Crippen molar-refractivity contribution >= 4 is 23.3 Å². The zero-order valence-electron chi connectivity index (χ0n) is 20.3. The second-order valence-corrected chi connectivity index (χ2v) is 9.30. The fraction of sp³-hybridized carbons (Fsp3) is 0.310. The molecule has 3 aromatic carbocycles. The summed E-state index contributed by atoms with van der Waals surface area (Å²) in [6.07, 6.45) is 0.921. The summed E-state index contributed by atoms with van der Waals surface area (Å²) in [5.41, 5.74) is 5.09. The van der Waals surface area contributed by atoms with Gasteiger partial charge in [-0.1, -0.05) is 42.5 Å². The highest BCUT2D eigenvalue weighted by Gasteiger charge is 2.28. The van der Waals surface area contributed by atoms with Crippen LogP contribution in [0.2, 0.25) is 0 Å². The number of rotatable bonds is 5. The number of piperazine rings is 1. The molecule has 2 aliphatic heterocycles. The lowest BCUT2D eigenvalue weighted by Gasteiger charge is -2.36. The quantitative estimate of drug-likeness (QED) is 0.541. The zero-order chi connectivity index (χ0) is 24.2. The topological polar surface area (TPSA) is 47.1 Å². The first-order chi connectivity index (χ1) is 17.1. The van der Waals surface area contributed by atoms with Crippen molar-refractivity contribution in [1.29, 1.82) is 0 Å². The summed E-state index contributed by atoms with van der Waals surface area (Å²) in [7, 11) is 0. The van der Waals surface area contributed by atoms with Crippen LogP contribution < -0.4 is 9.80 Å². The van der Waals surface area contributed by atoms with Gasteiger partial charge in [-0.2, -0.15) is 0 Å². The molecule has 0 atom stereocenters. The predicted molar refractivity (Wildman–Crippen MR) is 140 cm³/mol. The van der Waals surface area contributed by atoms with Gasteiger partial charge < -0.3 is 14.7 Å². The lowest BCUT2D eigenvalue weighted by atomic mass is 10.1. The highest BCUT2D eigenvalue weighted by atomic mass is 16.2. The number of benzene rings is 3. The molecule has 2 aliphatic rings. The number of anilines is 2. The Labute approximate surface area is 207 Å². The van der Waals surface area contributed by atoms with E-state index in [4.69, 9.17) is 0 Å². The molecule has 2 saturated heterocycles. The number of carbonyl (C=O) groups excluding carboxylic acids is 2. The van der Waals surface area contributed by atoms with E-state index >= 15 is 0 Å². The Bertz CT molecular complexity index is 1170. The van der Waals surface area contributed by atoms with Crippen molar-refractivity contribution in [3.8, 4) is 0 Å². The maximum absolute atomic E-state index is 13.2. The standard InChI is InChI=1S/C29H32N4O2/c1-23-8-5-6-9-25(23)22-32-16-7-17-33(29(32)35)27-14-12-24(13-15-27)28(34)31-20-18-30(19-21-31)26-10-3-2-4-11-26/h2-6,8-15H,7,16-22H2,1H3. The van der Waals surface area contributed by atoms with Crippen LogP contribution >= 0.6 is 0 Å². The number of para-hydroxylation sites is 1. The van der Waals surface area contributed by atoms with E-state index < -0.39 is 0 Å².